The number of aliphatic hydroxyl groups excluding tert-OH is 1. The molecule has 0 heterocycles. The van der Waals surface area contributed by atoms with Crippen molar-refractivity contribution >= 4 is 12.5 Å². The van der Waals surface area contributed by atoms with Gasteiger partial charge in [-0.2, -0.15) is 0 Å². The minimum absolute atomic E-state index is 0.0521. The largest absolute Gasteiger partial charge is 0.392 e. The van der Waals surface area contributed by atoms with Crippen LogP contribution in [-0.4, -0.2) is 56.3 Å². The predicted octanol–water partition coefficient (Wildman–Crippen LogP) is 1.24. The molecule has 0 aliphatic heterocycles. The van der Waals surface area contributed by atoms with E-state index in [1.54, 1.807) is 25.4 Å². The highest BCUT2D eigenvalue weighted by Crippen LogP contribution is 1.99. The molecular weight excluding hydrogens is 252 g/mol. The van der Waals surface area contributed by atoms with Gasteiger partial charge in [0.25, 0.3) is 0 Å². The number of likely N-dealkylation sites (N-methyl/N-ethyl adjacent to an activating group) is 1. The first kappa shape index (κ1) is 18.0. The van der Waals surface area contributed by atoms with Crippen molar-refractivity contribution in [3.63, 3.8) is 0 Å². The van der Waals surface area contributed by atoms with E-state index in [1.807, 2.05) is 14.0 Å². The summed E-state index contributed by atoms with van der Waals surface area (Å²) >= 11 is 0. The number of hydrogen-bond acceptors (Lipinski definition) is 4. The quantitative estimate of drug-likeness (QED) is 0.250. The summed E-state index contributed by atoms with van der Waals surface area (Å²) < 4.78 is 0. The molecule has 0 aromatic rings. The third-order valence-electron chi connectivity index (χ3n) is 2.45. The molecule has 4 heteroatoms. The van der Waals surface area contributed by atoms with E-state index >= 15 is 0 Å². The number of aliphatic hydroxyl groups is 1. The van der Waals surface area contributed by atoms with E-state index in [4.69, 9.17) is 5.11 Å². The smallest absolute Gasteiger partial charge is 0.149 e. The van der Waals surface area contributed by atoms with E-state index in [2.05, 4.69) is 28.3 Å². The fourth-order valence-electron chi connectivity index (χ4n) is 1.30. The van der Waals surface area contributed by atoms with Crippen molar-refractivity contribution in [1.82, 2.24) is 4.90 Å². The maximum atomic E-state index is 10.6. The Kier molecular flexibility index (Phi) is 9.85. The molecule has 0 spiro atoms. The molecule has 0 radical (unpaired) electrons. The highest BCUT2D eigenvalue weighted by atomic mass is 16.2. The summed E-state index contributed by atoms with van der Waals surface area (Å²) in [5.74, 6) is 5.93. The Hall–Kier alpha value is -1.96. The maximum absolute atomic E-state index is 10.6. The van der Waals surface area contributed by atoms with Gasteiger partial charge in [0.2, 0.25) is 0 Å². The second-order valence-electron chi connectivity index (χ2n) is 4.17. The Labute approximate surface area is 121 Å². The standard InChI is InChI=1S/C16H22N2O2/c1-5-18(4)12-15(8-9-19)6-7-16(11-17-3)10-14(2)13-20/h8,10-11,13,19H,2,5,9,12H2,1,3-4H3/b15-8-,16-10-,17-11-. The van der Waals surface area contributed by atoms with Crippen molar-refractivity contribution in [1.29, 1.82) is 0 Å². The van der Waals surface area contributed by atoms with E-state index in [0.717, 1.165) is 12.1 Å². The number of aliphatic imine (C=N–C) groups is 1. The summed E-state index contributed by atoms with van der Waals surface area (Å²) in [7, 11) is 3.61. The van der Waals surface area contributed by atoms with Gasteiger partial charge in [0, 0.05) is 36.5 Å². The lowest BCUT2D eigenvalue weighted by atomic mass is 10.1. The summed E-state index contributed by atoms with van der Waals surface area (Å²) in [6, 6.07) is 0. The number of carbonyl (C=O) groups is 1. The summed E-state index contributed by atoms with van der Waals surface area (Å²) in [4.78, 5) is 16.6. The first-order chi connectivity index (χ1) is 9.57. The topological polar surface area (TPSA) is 52.9 Å². The van der Waals surface area contributed by atoms with Crippen LogP contribution in [0.5, 0.6) is 0 Å². The highest BCUT2D eigenvalue weighted by molar-refractivity contribution is 5.89. The molecule has 0 unspecified atom stereocenters. The van der Waals surface area contributed by atoms with Crippen molar-refractivity contribution in [3.05, 3.63) is 35.5 Å². The van der Waals surface area contributed by atoms with Gasteiger partial charge in [0.15, 0.2) is 0 Å². The maximum Gasteiger partial charge on any atom is 0.149 e. The van der Waals surface area contributed by atoms with Crippen LogP contribution in [0.4, 0.5) is 0 Å². The van der Waals surface area contributed by atoms with Gasteiger partial charge in [0.1, 0.15) is 6.29 Å². The Bertz CT molecular complexity index is 476. The molecule has 4 nitrogen and oxygen atoms in total. The molecule has 1 N–H and O–H groups in total. The normalized spacial score (nSPS) is 12.4. The highest BCUT2D eigenvalue weighted by Gasteiger charge is 1.98. The second-order valence-corrected chi connectivity index (χ2v) is 4.17. The van der Waals surface area contributed by atoms with Crippen molar-refractivity contribution in [3.8, 4) is 11.8 Å². The third kappa shape index (κ3) is 8.20. The van der Waals surface area contributed by atoms with Crippen LogP contribution in [0.15, 0.2) is 40.4 Å². The van der Waals surface area contributed by atoms with Gasteiger partial charge in [-0.25, -0.2) is 0 Å². The molecule has 0 atom stereocenters. The van der Waals surface area contributed by atoms with Crippen molar-refractivity contribution in [2.45, 2.75) is 6.92 Å². The second kappa shape index (κ2) is 10.9. The number of rotatable bonds is 7. The number of carbonyl (C=O) groups excluding carboxylic acids is 1. The predicted molar refractivity (Wildman–Crippen MR) is 83.8 cm³/mol. The van der Waals surface area contributed by atoms with Crippen LogP contribution in [0.1, 0.15) is 6.92 Å². The van der Waals surface area contributed by atoms with Crippen LogP contribution < -0.4 is 0 Å². The van der Waals surface area contributed by atoms with Gasteiger partial charge in [-0.05, 0) is 25.7 Å². The zero-order chi connectivity index (χ0) is 15.4. The average Bonchev–Trinajstić information content (AvgIpc) is 2.44. The zero-order valence-electron chi connectivity index (χ0n) is 12.4. The van der Waals surface area contributed by atoms with Gasteiger partial charge in [-0.15, -0.1) is 0 Å². The summed E-state index contributed by atoms with van der Waals surface area (Å²) in [5.41, 5.74) is 1.77. The number of hydrogen-bond donors (Lipinski definition) is 1. The summed E-state index contributed by atoms with van der Waals surface area (Å²) in [5, 5.41) is 9.01. The van der Waals surface area contributed by atoms with Gasteiger partial charge in [0.05, 0.1) is 6.61 Å². The van der Waals surface area contributed by atoms with Gasteiger partial charge in [-0.1, -0.05) is 25.3 Å². The van der Waals surface area contributed by atoms with Crippen LogP contribution in [0.25, 0.3) is 0 Å². The molecule has 0 saturated heterocycles. The minimum Gasteiger partial charge on any atom is -0.392 e. The first-order valence-electron chi connectivity index (χ1n) is 6.35. The van der Waals surface area contributed by atoms with Gasteiger partial charge < -0.3 is 10.0 Å². The molecule has 0 aromatic heterocycles. The number of nitrogens with zero attached hydrogens (tertiary/aromatic N) is 2. The monoisotopic (exact) mass is 274 g/mol. The van der Waals surface area contributed by atoms with Crippen LogP contribution in [0.2, 0.25) is 0 Å². The lowest BCUT2D eigenvalue weighted by molar-refractivity contribution is -0.104. The molecule has 0 fully saturated rings. The fraction of sp³-hybridized carbons (Fsp3) is 0.375. The zero-order valence-corrected chi connectivity index (χ0v) is 12.4. The third-order valence-corrected chi connectivity index (χ3v) is 2.45. The number of allylic oxidation sites excluding steroid dienone is 3. The molecule has 0 aromatic carbocycles. The SMILES string of the molecule is C=C(C=O)/C=C(C#C/C(=C/CO)CN(C)CC)\C=N/C. The van der Waals surface area contributed by atoms with Gasteiger partial charge in [-0.3, -0.25) is 9.79 Å². The Morgan fingerprint density at radius 2 is 2.15 bits per heavy atom. The molecule has 0 aliphatic carbocycles. The Morgan fingerprint density at radius 3 is 2.65 bits per heavy atom. The summed E-state index contributed by atoms with van der Waals surface area (Å²) in [6.45, 7) is 7.14. The van der Waals surface area contributed by atoms with E-state index in [1.165, 1.54) is 0 Å². The molecule has 0 saturated carbocycles. The van der Waals surface area contributed by atoms with E-state index in [9.17, 15) is 4.79 Å². The van der Waals surface area contributed by atoms with Crippen LogP contribution in [0, 0.1) is 11.8 Å². The van der Waals surface area contributed by atoms with E-state index < -0.39 is 0 Å². The Balaban J connectivity index is 5.18. The molecular formula is C16H22N2O2. The summed E-state index contributed by atoms with van der Waals surface area (Å²) in [6.07, 6.45) is 5.49. The molecule has 0 rings (SSSR count). The molecule has 0 aliphatic rings. The number of aldehydes is 1. The van der Waals surface area contributed by atoms with Gasteiger partial charge >= 0.3 is 0 Å². The average molecular weight is 274 g/mol. The Morgan fingerprint density at radius 1 is 1.45 bits per heavy atom. The molecule has 0 bridgehead atoms. The van der Waals surface area contributed by atoms with Crippen molar-refractivity contribution in [2.75, 3.05) is 33.8 Å². The lowest BCUT2D eigenvalue weighted by Crippen LogP contribution is -2.20. The van der Waals surface area contributed by atoms with Crippen LogP contribution in [0.3, 0.4) is 0 Å². The first-order valence-corrected chi connectivity index (χ1v) is 6.35. The van der Waals surface area contributed by atoms with E-state index in [0.29, 0.717) is 24.0 Å². The lowest BCUT2D eigenvalue weighted by Gasteiger charge is -2.12. The van der Waals surface area contributed by atoms with Crippen molar-refractivity contribution < 1.29 is 9.90 Å². The fourth-order valence-corrected chi connectivity index (χ4v) is 1.30. The minimum atomic E-state index is -0.0521. The molecule has 0 amide bonds. The molecule has 108 valence electrons. The molecule has 20 heavy (non-hydrogen) atoms. The van der Waals surface area contributed by atoms with Crippen LogP contribution >= 0.6 is 0 Å². The van der Waals surface area contributed by atoms with Crippen molar-refractivity contribution in [2.24, 2.45) is 4.99 Å². The van der Waals surface area contributed by atoms with Crippen LogP contribution in [-0.2, 0) is 4.79 Å². The van der Waals surface area contributed by atoms with E-state index in [-0.39, 0.29) is 6.61 Å².